The molecule has 0 bridgehead atoms. The van der Waals surface area contributed by atoms with Crippen molar-refractivity contribution >= 4 is 17.7 Å². The van der Waals surface area contributed by atoms with Gasteiger partial charge in [0.2, 0.25) is 0 Å². The van der Waals surface area contributed by atoms with Crippen molar-refractivity contribution in [1.82, 2.24) is 5.32 Å². The monoisotopic (exact) mass is 287 g/mol. The molecule has 0 saturated heterocycles. The smallest absolute Gasteiger partial charge is 0.327 e. The third kappa shape index (κ3) is 4.99. The second-order valence-corrected chi connectivity index (χ2v) is 6.83. The molecule has 0 heterocycles. The fraction of sp³-hybridized carbons (Fsp3) is 0.933. The molecule has 0 radical (unpaired) electrons. The van der Waals surface area contributed by atoms with Crippen molar-refractivity contribution in [2.45, 2.75) is 52.5 Å². The number of nitrogens with one attached hydrogen (secondary N) is 1. The fourth-order valence-corrected chi connectivity index (χ4v) is 3.62. The number of carbonyl (C=O) groups is 1. The Bertz CT molecular complexity index is 279. The molecule has 0 amide bonds. The van der Waals surface area contributed by atoms with Crippen LogP contribution in [0.3, 0.4) is 0 Å². The van der Waals surface area contributed by atoms with Crippen LogP contribution in [0.25, 0.3) is 0 Å². The van der Waals surface area contributed by atoms with Crippen LogP contribution in [0.2, 0.25) is 0 Å². The van der Waals surface area contributed by atoms with Crippen molar-refractivity contribution in [3.8, 4) is 0 Å². The Labute approximate surface area is 122 Å². The summed E-state index contributed by atoms with van der Waals surface area (Å²) in [6, 6.07) is 0. The van der Waals surface area contributed by atoms with Gasteiger partial charge >= 0.3 is 5.97 Å². The molecule has 1 aliphatic rings. The molecule has 0 spiro atoms. The summed E-state index contributed by atoms with van der Waals surface area (Å²) in [6.07, 6.45) is 3.35. The van der Waals surface area contributed by atoms with E-state index < -0.39 is 5.54 Å². The van der Waals surface area contributed by atoms with Gasteiger partial charge in [-0.3, -0.25) is 4.79 Å². The van der Waals surface area contributed by atoms with E-state index in [1.165, 1.54) is 0 Å². The van der Waals surface area contributed by atoms with Crippen molar-refractivity contribution in [2.24, 2.45) is 11.8 Å². The molecule has 0 aromatic rings. The van der Waals surface area contributed by atoms with Crippen LogP contribution in [0, 0.1) is 11.8 Å². The van der Waals surface area contributed by atoms with E-state index in [1.807, 2.05) is 18.7 Å². The summed E-state index contributed by atoms with van der Waals surface area (Å²) in [5.41, 5.74) is -0.439. The van der Waals surface area contributed by atoms with Gasteiger partial charge in [-0.05, 0) is 50.3 Å². The molecule has 0 aliphatic heterocycles. The Kier molecular flexibility index (Phi) is 7.22. The summed E-state index contributed by atoms with van der Waals surface area (Å²) >= 11 is 1.88. The predicted molar refractivity (Wildman–Crippen MR) is 82.5 cm³/mol. The Morgan fingerprint density at radius 1 is 1.42 bits per heavy atom. The first kappa shape index (κ1) is 16.8. The highest BCUT2D eigenvalue weighted by Gasteiger charge is 2.51. The lowest BCUT2D eigenvalue weighted by Crippen LogP contribution is -2.57. The van der Waals surface area contributed by atoms with E-state index in [1.54, 1.807) is 0 Å². The number of hydrogen-bond donors (Lipinski definition) is 1. The lowest BCUT2D eigenvalue weighted by molar-refractivity contribution is -0.151. The van der Waals surface area contributed by atoms with Crippen molar-refractivity contribution in [3.05, 3.63) is 0 Å². The van der Waals surface area contributed by atoms with E-state index in [4.69, 9.17) is 4.74 Å². The van der Waals surface area contributed by atoms with Gasteiger partial charge in [-0.1, -0.05) is 20.8 Å². The molecule has 4 heteroatoms. The molecule has 19 heavy (non-hydrogen) atoms. The summed E-state index contributed by atoms with van der Waals surface area (Å²) in [5.74, 6) is 3.03. The predicted octanol–water partition coefficient (Wildman–Crippen LogP) is 3.09. The van der Waals surface area contributed by atoms with Gasteiger partial charge in [0.1, 0.15) is 5.54 Å². The average Bonchev–Trinajstić information content (AvgIpc) is 3.18. The number of hydrogen-bond acceptors (Lipinski definition) is 4. The zero-order valence-electron chi connectivity index (χ0n) is 12.8. The van der Waals surface area contributed by atoms with Gasteiger partial charge in [0.25, 0.3) is 0 Å². The molecule has 1 aliphatic carbocycles. The molecule has 1 N–H and O–H groups in total. The van der Waals surface area contributed by atoms with Crippen molar-refractivity contribution in [3.63, 3.8) is 0 Å². The molecule has 1 fully saturated rings. The Morgan fingerprint density at radius 2 is 2.11 bits per heavy atom. The summed E-state index contributed by atoms with van der Waals surface area (Å²) in [7, 11) is 0. The lowest BCUT2D eigenvalue weighted by atomic mass is 9.95. The number of carbonyl (C=O) groups excluding carboxylic acids is 1. The van der Waals surface area contributed by atoms with Gasteiger partial charge in [0.05, 0.1) is 6.61 Å². The largest absolute Gasteiger partial charge is 0.465 e. The van der Waals surface area contributed by atoms with Crippen molar-refractivity contribution in [1.29, 1.82) is 0 Å². The maximum atomic E-state index is 12.4. The molecule has 112 valence electrons. The second-order valence-electron chi connectivity index (χ2n) is 5.80. The van der Waals surface area contributed by atoms with Gasteiger partial charge in [-0.15, -0.1) is 0 Å². The summed E-state index contributed by atoms with van der Waals surface area (Å²) in [4.78, 5) is 12.4. The lowest BCUT2D eigenvalue weighted by Gasteiger charge is -2.32. The van der Waals surface area contributed by atoms with Crippen LogP contribution in [0.1, 0.15) is 47.0 Å². The normalized spacial score (nSPS) is 18.4. The first-order valence-corrected chi connectivity index (χ1v) is 8.72. The molecule has 1 rings (SSSR count). The van der Waals surface area contributed by atoms with Crippen LogP contribution in [-0.4, -0.2) is 36.2 Å². The summed E-state index contributed by atoms with van der Waals surface area (Å²) < 4.78 is 5.35. The highest BCUT2D eigenvalue weighted by atomic mass is 32.2. The quantitative estimate of drug-likeness (QED) is 0.627. The zero-order chi connectivity index (χ0) is 14.3. The third-order valence-electron chi connectivity index (χ3n) is 3.39. The third-order valence-corrected chi connectivity index (χ3v) is 4.95. The molecular formula is C15H29NO2S. The van der Waals surface area contributed by atoms with Gasteiger partial charge in [0.15, 0.2) is 0 Å². The van der Waals surface area contributed by atoms with E-state index in [0.717, 1.165) is 37.3 Å². The van der Waals surface area contributed by atoms with E-state index in [2.05, 4.69) is 26.1 Å². The van der Waals surface area contributed by atoms with Crippen LogP contribution < -0.4 is 5.32 Å². The van der Waals surface area contributed by atoms with Crippen LogP contribution in [-0.2, 0) is 9.53 Å². The maximum absolute atomic E-state index is 12.4. The SMILES string of the molecule is CCCNC(CSCC(C)C)(C(=O)OCC)C1CC1. The molecule has 1 saturated carbocycles. The highest BCUT2D eigenvalue weighted by molar-refractivity contribution is 7.99. The highest BCUT2D eigenvalue weighted by Crippen LogP contribution is 2.42. The Hall–Kier alpha value is -0.220. The standard InChI is InChI=1S/C15H29NO2S/c1-5-9-16-15(13-7-8-13,14(17)18-6-2)11-19-10-12(3)4/h12-13,16H,5-11H2,1-4H3. The number of thioether (sulfide) groups is 1. The van der Waals surface area contributed by atoms with E-state index >= 15 is 0 Å². The maximum Gasteiger partial charge on any atom is 0.327 e. The number of esters is 1. The Morgan fingerprint density at radius 3 is 2.58 bits per heavy atom. The second kappa shape index (κ2) is 8.15. The minimum Gasteiger partial charge on any atom is -0.465 e. The van der Waals surface area contributed by atoms with Gasteiger partial charge in [-0.25, -0.2) is 0 Å². The average molecular weight is 287 g/mol. The van der Waals surface area contributed by atoms with Gasteiger partial charge < -0.3 is 10.1 Å². The van der Waals surface area contributed by atoms with Crippen molar-refractivity contribution < 1.29 is 9.53 Å². The number of ether oxygens (including phenoxy) is 1. The molecule has 0 aromatic heterocycles. The molecular weight excluding hydrogens is 258 g/mol. The molecule has 1 atom stereocenters. The van der Waals surface area contributed by atoms with Crippen LogP contribution >= 0.6 is 11.8 Å². The van der Waals surface area contributed by atoms with Crippen LogP contribution in [0.5, 0.6) is 0 Å². The van der Waals surface area contributed by atoms with E-state index in [9.17, 15) is 4.79 Å². The first-order chi connectivity index (χ1) is 9.06. The molecule has 3 nitrogen and oxygen atoms in total. The molecule has 1 unspecified atom stereocenters. The Balaban J connectivity index is 2.69. The molecule has 0 aromatic carbocycles. The topological polar surface area (TPSA) is 38.3 Å². The number of rotatable bonds is 10. The minimum absolute atomic E-state index is 0.0396. The summed E-state index contributed by atoms with van der Waals surface area (Å²) in [6.45, 7) is 9.81. The van der Waals surface area contributed by atoms with Crippen LogP contribution in [0.4, 0.5) is 0 Å². The van der Waals surface area contributed by atoms with Crippen LogP contribution in [0.15, 0.2) is 0 Å². The minimum atomic E-state index is -0.439. The van der Waals surface area contributed by atoms with Gasteiger partial charge in [-0.2, -0.15) is 11.8 Å². The van der Waals surface area contributed by atoms with Gasteiger partial charge in [0, 0.05) is 5.75 Å². The van der Waals surface area contributed by atoms with E-state index in [-0.39, 0.29) is 5.97 Å². The first-order valence-electron chi connectivity index (χ1n) is 7.56. The van der Waals surface area contributed by atoms with Crippen molar-refractivity contribution in [2.75, 3.05) is 24.7 Å². The zero-order valence-corrected chi connectivity index (χ0v) is 13.6. The summed E-state index contributed by atoms with van der Waals surface area (Å²) in [5, 5.41) is 3.51. The van der Waals surface area contributed by atoms with E-state index in [0.29, 0.717) is 18.4 Å². The fourth-order valence-electron chi connectivity index (χ4n) is 2.25.